The molecule has 0 aliphatic rings. The van der Waals surface area contributed by atoms with Gasteiger partial charge in [-0.25, -0.2) is 0 Å². The van der Waals surface area contributed by atoms with Gasteiger partial charge in [0.25, 0.3) is 0 Å². The van der Waals surface area contributed by atoms with Gasteiger partial charge < -0.3 is 5.11 Å². The van der Waals surface area contributed by atoms with Crippen LogP contribution in [-0.2, 0) is 0 Å². The number of aldehydes is 1. The average molecular weight is 252 g/mol. The number of aliphatic hydroxyl groups is 1. The topological polar surface area (TPSA) is 37.3 Å². The molecule has 0 radical (unpaired) electrons. The Labute approximate surface area is 107 Å². The zero-order chi connectivity index (χ0) is 12.5. The van der Waals surface area contributed by atoms with Gasteiger partial charge in [-0.2, -0.15) is 0 Å². The van der Waals surface area contributed by atoms with Gasteiger partial charge in [0, 0.05) is 16.2 Å². The van der Waals surface area contributed by atoms with Gasteiger partial charge in [0.05, 0.1) is 6.10 Å². The first kappa shape index (κ1) is 14.3. The Morgan fingerprint density at radius 3 is 2.94 bits per heavy atom. The first-order chi connectivity index (χ1) is 8.26. The highest BCUT2D eigenvalue weighted by Crippen LogP contribution is 2.20. The van der Waals surface area contributed by atoms with E-state index in [9.17, 15) is 9.90 Å². The summed E-state index contributed by atoms with van der Waals surface area (Å²) in [5.74, 6) is 0.700. The van der Waals surface area contributed by atoms with Gasteiger partial charge in [-0.3, -0.25) is 4.79 Å². The van der Waals surface area contributed by atoms with Crippen molar-refractivity contribution in [1.29, 1.82) is 0 Å². The van der Waals surface area contributed by atoms with E-state index in [1.165, 1.54) is 12.8 Å². The highest BCUT2D eigenvalue weighted by molar-refractivity contribution is 7.99. The summed E-state index contributed by atoms with van der Waals surface area (Å²) in [5, 5.41) is 9.77. The molecule has 94 valence electrons. The summed E-state index contributed by atoms with van der Waals surface area (Å²) in [4.78, 5) is 11.7. The Morgan fingerprint density at radius 2 is 2.24 bits per heavy atom. The van der Waals surface area contributed by atoms with Gasteiger partial charge in [-0.15, -0.1) is 11.8 Å². The number of carbonyl (C=O) groups excluding carboxylic acids is 1. The molecule has 1 rings (SSSR count). The minimum absolute atomic E-state index is 0.244. The van der Waals surface area contributed by atoms with Crippen molar-refractivity contribution in [2.75, 3.05) is 5.75 Å². The summed E-state index contributed by atoms with van der Waals surface area (Å²) < 4.78 is 0. The zero-order valence-corrected chi connectivity index (χ0v) is 11.1. The molecule has 0 spiro atoms. The molecule has 1 unspecified atom stereocenters. The predicted octanol–water partition coefficient (Wildman–Crippen LogP) is 3.53. The van der Waals surface area contributed by atoms with E-state index >= 15 is 0 Å². The first-order valence-electron chi connectivity index (χ1n) is 6.12. The lowest BCUT2D eigenvalue weighted by Gasteiger charge is -2.09. The van der Waals surface area contributed by atoms with E-state index in [2.05, 4.69) is 6.92 Å². The molecule has 1 aromatic carbocycles. The molecule has 0 fully saturated rings. The van der Waals surface area contributed by atoms with Gasteiger partial charge in [-0.1, -0.05) is 38.3 Å². The lowest BCUT2D eigenvalue weighted by atomic mass is 10.1. The van der Waals surface area contributed by atoms with Crippen molar-refractivity contribution >= 4 is 18.0 Å². The molecule has 2 nitrogen and oxygen atoms in total. The lowest BCUT2D eigenvalue weighted by molar-refractivity contribution is 0.112. The van der Waals surface area contributed by atoms with Crippen LogP contribution in [0, 0.1) is 0 Å². The fraction of sp³-hybridized carbons (Fsp3) is 0.500. The third kappa shape index (κ3) is 5.89. The Balaban J connectivity index is 2.31. The molecule has 0 aliphatic heterocycles. The molecule has 0 aromatic heterocycles. The van der Waals surface area contributed by atoms with E-state index in [0.29, 0.717) is 11.3 Å². The molecule has 0 bridgehead atoms. The van der Waals surface area contributed by atoms with Crippen molar-refractivity contribution in [1.82, 2.24) is 0 Å². The minimum Gasteiger partial charge on any atom is -0.392 e. The van der Waals surface area contributed by atoms with Crippen LogP contribution in [0.15, 0.2) is 29.2 Å². The van der Waals surface area contributed by atoms with Crippen LogP contribution in [0.2, 0.25) is 0 Å². The molecule has 1 aromatic rings. The predicted molar refractivity (Wildman–Crippen MR) is 72.7 cm³/mol. The van der Waals surface area contributed by atoms with Crippen molar-refractivity contribution in [2.45, 2.75) is 43.6 Å². The fourth-order valence-corrected chi connectivity index (χ4v) is 2.53. The molecule has 3 heteroatoms. The molecular formula is C14H20O2S. The maximum Gasteiger partial charge on any atom is 0.150 e. The standard InChI is InChI=1S/C14H20O2S/c1-2-3-4-7-13(16)11-17-14-8-5-6-12(9-14)10-15/h5-6,8-10,13,16H,2-4,7,11H2,1H3. The van der Waals surface area contributed by atoms with Crippen molar-refractivity contribution in [2.24, 2.45) is 0 Å². The summed E-state index contributed by atoms with van der Waals surface area (Å²) >= 11 is 1.61. The van der Waals surface area contributed by atoms with E-state index in [4.69, 9.17) is 0 Å². The third-order valence-corrected chi connectivity index (χ3v) is 3.72. The smallest absolute Gasteiger partial charge is 0.150 e. The number of rotatable bonds is 8. The number of unbranched alkanes of at least 4 members (excludes halogenated alkanes) is 2. The van der Waals surface area contributed by atoms with Crippen molar-refractivity contribution in [3.63, 3.8) is 0 Å². The zero-order valence-electron chi connectivity index (χ0n) is 10.3. The SMILES string of the molecule is CCCCCC(O)CSc1cccc(C=O)c1. The molecule has 0 saturated carbocycles. The van der Waals surface area contributed by atoms with Gasteiger partial charge in [0.1, 0.15) is 6.29 Å². The number of hydrogen-bond acceptors (Lipinski definition) is 3. The van der Waals surface area contributed by atoms with E-state index in [-0.39, 0.29) is 6.10 Å². The summed E-state index contributed by atoms with van der Waals surface area (Å²) in [7, 11) is 0. The second-order valence-corrected chi connectivity index (χ2v) is 5.24. The Hall–Kier alpha value is -0.800. The van der Waals surface area contributed by atoms with Crippen LogP contribution >= 0.6 is 11.8 Å². The van der Waals surface area contributed by atoms with Crippen LogP contribution in [-0.4, -0.2) is 23.2 Å². The molecule has 1 N–H and O–H groups in total. The second kappa shape index (κ2) is 8.31. The number of thioether (sulfide) groups is 1. The Morgan fingerprint density at radius 1 is 1.41 bits per heavy atom. The Kier molecular flexibility index (Phi) is 6.97. The first-order valence-corrected chi connectivity index (χ1v) is 7.11. The molecular weight excluding hydrogens is 232 g/mol. The minimum atomic E-state index is -0.244. The molecule has 0 amide bonds. The summed E-state index contributed by atoms with van der Waals surface area (Å²) in [6.45, 7) is 2.16. The highest BCUT2D eigenvalue weighted by Gasteiger charge is 2.05. The summed E-state index contributed by atoms with van der Waals surface area (Å²) in [5.41, 5.74) is 0.690. The highest BCUT2D eigenvalue weighted by atomic mass is 32.2. The van der Waals surface area contributed by atoms with Gasteiger partial charge in [0.2, 0.25) is 0 Å². The number of hydrogen-bond donors (Lipinski definition) is 1. The van der Waals surface area contributed by atoms with Crippen molar-refractivity contribution in [3.05, 3.63) is 29.8 Å². The maximum absolute atomic E-state index is 10.6. The molecule has 0 aliphatic carbocycles. The molecule has 1 atom stereocenters. The largest absolute Gasteiger partial charge is 0.392 e. The third-order valence-electron chi connectivity index (χ3n) is 2.58. The van der Waals surface area contributed by atoms with Gasteiger partial charge >= 0.3 is 0 Å². The number of aliphatic hydroxyl groups excluding tert-OH is 1. The quantitative estimate of drug-likeness (QED) is 0.437. The maximum atomic E-state index is 10.6. The molecule has 0 saturated heterocycles. The Bertz CT molecular complexity index is 339. The second-order valence-electron chi connectivity index (χ2n) is 4.15. The van der Waals surface area contributed by atoms with Crippen LogP contribution < -0.4 is 0 Å². The van der Waals surface area contributed by atoms with Crippen LogP contribution in [0.4, 0.5) is 0 Å². The van der Waals surface area contributed by atoms with E-state index in [1.807, 2.05) is 18.2 Å². The molecule has 17 heavy (non-hydrogen) atoms. The van der Waals surface area contributed by atoms with Gasteiger partial charge in [0.15, 0.2) is 0 Å². The van der Waals surface area contributed by atoms with Crippen LogP contribution in [0.5, 0.6) is 0 Å². The summed E-state index contributed by atoms with van der Waals surface area (Å²) in [6.07, 6.45) is 4.93. The van der Waals surface area contributed by atoms with Crippen molar-refractivity contribution < 1.29 is 9.90 Å². The number of carbonyl (C=O) groups is 1. The fourth-order valence-electron chi connectivity index (χ4n) is 1.58. The van der Waals surface area contributed by atoms with Crippen LogP contribution in [0.25, 0.3) is 0 Å². The van der Waals surface area contributed by atoms with E-state index in [1.54, 1.807) is 17.8 Å². The van der Waals surface area contributed by atoms with Crippen LogP contribution in [0.3, 0.4) is 0 Å². The average Bonchev–Trinajstić information content (AvgIpc) is 2.37. The normalized spacial score (nSPS) is 12.4. The molecule has 0 heterocycles. The van der Waals surface area contributed by atoms with Crippen LogP contribution in [0.1, 0.15) is 43.0 Å². The number of benzene rings is 1. The van der Waals surface area contributed by atoms with E-state index in [0.717, 1.165) is 24.0 Å². The van der Waals surface area contributed by atoms with Crippen molar-refractivity contribution in [3.8, 4) is 0 Å². The lowest BCUT2D eigenvalue weighted by Crippen LogP contribution is -2.09. The monoisotopic (exact) mass is 252 g/mol. The summed E-state index contributed by atoms with van der Waals surface area (Å²) in [6, 6.07) is 7.48. The van der Waals surface area contributed by atoms with Gasteiger partial charge in [-0.05, 0) is 18.6 Å². The van der Waals surface area contributed by atoms with E-state index < -0.39 is 0 Å².